The van der Waals surface area contributed by atoms with E-state index < -0.39 is 6.03 Å². The zero-order valence-electron chi connectivity index (χ0n) is 34.3. The largest absolute Gasteiger partial charge is 1.00 e. The molecule has 1 fully saturated rings. The first kappa shape index (κ1) is 43.3. The van der Waals surface area contributed by atoms with Gasteiger partial charge in [-0.2, -0.15) is 0 Å². The number of aryl methyl sites for hydroxylation is 1. The van der Waals surface area contributed by atoms with Crippen LogP contribution in [-0.4, -0.2) is 79.0 Å². The van der Waals surface area contributed by atoms with E-state index in [1.807, 2.05) is 0 Å². The van der Waals surface area contributed by atoms with Crippen LogP contribution < -0.4 is 44.1 Å². The predicted molar refractivity (Wildman–Crippen MR) is 204 cm³/mol. The number of nitrogens with one attached hydrogen (secondary N) is 2. The first-order valence-electron chi connectivity index (χ1n) is 19.6. The lowest BCUT2D eigenvalue weighted by Gasteiger charge is -2.33. The van der Waals surface area contributed by atoms with E-state index >= 15 is 0 Å². The highest BCUT2D eigenvalue weighted by atomic mass is 35.5. The number of quaternary nitrogens is 2. The van der Waals surface area contributed by atoms with Gasteiger partial charge in [0.2, 0.25) is 12.1 Å². The van der Waals surface area contributed by atoms with Crippen molar-refractivity contribution in [2.24, 2.45) is 0 Å². The molecule has 0 amide bonds. The molecule has 6 nitrogen and oxygen atoms in total. The Balaban J connectivity index is 0.00000351. The van der Waals surface area contributed by atoms with Crippen LogP contribution in [0.4, 0.5) is 0 Å². The van der Waals surface area contributed by atoms with E-state index in [4.69, 9.17) is 9.47 Å². The summed E-state index contributed by atoms with van der Waals surface area (Å²) < 4.78 is 19.1. The molecule has 8 heteroatoms. The van der Waals surface area contributed by atoms with Crippen molar-refractivity contribution in [1.82, 2.24) is 0 Å². The summed E-state index contributed by atoms with van der Waals surface area (Å²) in [6, 6.07) is 8.51. The zero-order chi connectivity index (χ0) is 35.9. The molecule has 3 heterocycles. The molecular weight excluding hydrogens is 675 g/mol. The van der Waals surface area contributed by atoms with E-state index in [0.29, 0.717) is 5.92 Å². The highest BCUT2D eigenvalue weighted by molar-refractivity contribution is 5.85. The number of nitrogens with zero attached hydrogens (tertiary/aromatic N) is 2. The molecule has 2 aromatic rings. The van der Waals surface area contributed by atoms with Crippen LogP contribution in [0.2, 0.25) is 0 Å². The van der Waals surface area contributed by atoms with Gasteiger partial charge < -0.3 is 44.1 Å². The van der Waals surface area contributed by atoms with Crippen LogP contribution in [0.15, 0.2) is 24.3 Å². The fourth-order valence-electron chi connectivity index (χ4n) is 8.34. The summed E-state index contributed by atoms with van der Waals surface area (Å²) in [5.74, 6) is 2.44. The number of halogens is 2. The van der Waals surface area contributed by atoms with E-state index in [1.54, 1.807) is 9.80 Å². The van der Waals surface area contributed by atoms with Gasteiger partial charge in [0.05, 0.1) is 50.4 Å². The van der Waals surface area contributed by atoms with E-state index in [1.165, 1.54) is 92.8 Å². The Morgan fingerprint density at radius 2 is 1.25 bits per heavy atom. The molecule has 3 aliphatic heterocycles. The van der Waals surface area contributed by atoms with Crippen LogP contribution >= 0.6 is 0 Å². The fraction of sp³-hybridized carbons (Fsp3) is 0.674. The predicted octanol–water partition coefficient (Wildman–Crippen LogP) is -0.157. The molecule has 2 aromatic carbocycles. The quantitative estimate of drug-likeness (QED) is 0.280. The number of ether oxygens (including phenoxy) is 2. The maximum atomic E-state index is 7.25. The van der Waals surface area contributed by atoms with Crippen LogP contribution in [0.1, 0.15) is 148 Å². The Bertz CT molecular complexity index is 1560. The first-order valence-corrected chi connectivity index (χ1v) is 19.6. The van der Waals surface area contributed by atoms with E-state index in [2.05, 4.69) is 136 Å². The Morgan fingerprint density at radius 3 is 1.76 bits per heavy atom. The summed E-state index contributed by atoms with van der Waals surface area (Å²) in [7, 11) is 0. The molecule has 2 N–H and O–H groups in total. The minimum absolute atomic E-state index is 0. The third-order valence-corrected chi connectivity index (χ3v) is 11.7. The van der Waals surface area contributed by atoms with Gasteiger partial charge in [-0.05, 0) is 106 Å². The molecule has 1 spiro atoms. The van der Waals surface area contributed by atoms with Crippen molar-refractivity contribution in [3.8, 4) is 11.5 Å². The molecule has 286 valence electrons. The van der Waals surface area contributed by atoms with Crippen LogP contribution in [0.3, 0.4) is 0 Å². The van der Waals surface area contributed by atoms with Gasteiger partial charge in [0, 0.05) is 19.4 Å². The standard InChI is InChI=1S/C43H68N4O2.2ClH/c1-14-44(15-2)22-18-20-32(21-19-23-45(16-3)17-4)33-24-31(5)38-34(25-33)29-47-42(12,13)30-46-28-35-26-36(40(6,7)8)27-37(41(9,10)11)39(35)49-43(46,47)48-38;;/h24-29,32H,14-23,30H2,1-13H3;2*1H/q+2;;. The van der Waals surface area contributed by atoms with E-state index in [0.717, 1.165) is 23.6 Å². The van der Waals surface area contributed by atoms with Gasteiger partial charge in [0.15, 0.2) is 23.9 Å². The molecule has 0 radical (unpaired) electrons. The number of fused-ring (bicyclic) bond motifs is 2. The maximum absolute atomic E-state index is 7.25. The third-order valence-electron chi connectivity index (χ3n) is 11.7. The molecule has 5 rings (SSSR count). The Hall–Kier alpha value is -2.12. The molecule has 0 bridgehead atoms. The summed E-state index contributed by atoms with van der Waals surface area (Å²) in [6.45, 7) is 38.0. The molecule has 51 heavy (non-hydrogen) atoms. The zero-order valence-corrected chi connectivity index (χ0v) is 35.8. The Morgan fingerprint density at radius 1 is 0.725 bits per heavy atom. The van der Waals surface area contributed by atoms with Crippen LogP contribution in [0.25, 0.3) is 0 Å². The van der Waals surface area contributed by atoms with Gasteiger partial charge in [-0.3, -0.25) is 0 Å². The minimum atomic E-state index is -1.06. The lowest BCUT2D eigenvalue weighted by atomic mass is 9.79. The van der Waals surface area contributed by atoms with Crippen molar-refractivity contribution < 1.29 is 53.2 Å². The molecular formula is C43H70Cl2N4O2+2. The average Bonchev–Trinajstić information content (AvgIpc) is 3.25. The molecule has 1 saturated heterocycles. The van der Waals surface area contributed by atoms with Crippen molar-refractivity contribution in [3.05, 3.63) is 57.6 Å². The van der Waals surface area contributed by atoms with Crippen molar-refractivity contribution >= 4 is 12.4 Å². The first-order chi connectivity index (χ1) is 23.0. The summed E-state index contributed by atoms with van der Waals surface area (Å²) in [5.41, 5.74) is 7.29. The van der Waals surface area contributed by atoms with Gasteiger partial charge in [0.1, 0.15) is 0 Å². The highest BCUT2D eigenvalue weighted by Crippen LogP contribution is 2.47. The molecule has 3 aliphatic rings. The number of benzene rings is 2. The second kappa shape index (κ2) is 16.5. The second-order valence-electron chi connectivity index (χ2n) is 17.9. The van der Waals surface area contributed by atoms with E-state index in [-0.39, 0.29) is 41.2 Å². The molecule has 0 aromatic heterocycles. The number of rotatable bonds is 13. The van der Waals surface area contributed by atoms with Gasteiger partial charge >= 0.3 is 6.03 Å². The summed E-state index contributed by atoms with van der Waals surface area (Å²) in [4.78, 5) is 3.41. The smallest absolute Gasteiger partial charge is 0.704 e. The summed E-state index contributed by atoms with van der Waals surface area (Å²) >= 11 is 0. The minimum Gasteiger partial charge on any atom is -1.00 e. The lowest BCUT2D eigenvalue weighted by Crippen LogP contribution is -3.11. The fourth-order valence-corrected chi connectivity index (χ4v) is 8.34. The van der Waals surface area contributed by atoms with Crippen LogP contribution in [-0.2, 0) is 10.8 Å². The van der Waals surface area contributed by atoms with Gasteiger partial charge in [-0.15, -0.1) is 0 Å². The lowest BCUT2D eigenvalue weighted by molar-refractivity contribution is -0.896. The Kier molecular flexibility index (Phi) is 14.0. The molecule has 1 unspecified atom stereocenters. The highest BCUT2D eigenvalue weighted by Gasteiger charge is 2.75. The van der Waals surface area contributed by atoms with Crippen LogP contribution in [0, 0.1) is 6.92 Å². The average molecular weight is 746 g/mol. The maximum Gasteiger partial charge on any atom is 0.704 e. The summed E-state index contributed by atoms with van der Waals surface area (Å²) in [6.07, 6.45) is 9.67. The topological polar surface area (TPSA) is 33.4 Å². The van der Waals surface area contributed by atoms with Crippen molar-refractivity contribution in [1.29, 1.82) is 0 Å². The monoisotopic (exact) mass is 744 g/mol. The third kappa shape index (κ3) is 8.82. The second-order valence-corrected chi connectivity index (χ2v) is 17.9. The Labute approximate surface area is 323 Å². The van der Waals surface area contributed by atoms with Crippen LogP contribution in [0.5, 0.6) is 11.5 Å². The van der Waals surface area contributed by atoms with Crippen molar-refractivity contribution in [2.75, 3.05) is 45.8 Å². The normalized spacial score (nSPS) is 18.8. The number of hydrogen-bond donors (Lipinski definition) is 2. The SMILES string of the molecule is CC[NH+](CC)CCCC(CCC[NH+](CC)CC)c1cc(C)c2c(c1)C=[N+]1C(C)(C)C[N+]3=Cc4cc(C(C)(C)C)cc(C(C)(C)C)c4OC31O2.[Cl-].[Cl-]. The molecule has 1 atom stereocenters. The van der Waals surface area contributed by atoms with Gasteiger partial charge in [0.25, 0.3) is 0 Å². The summed E-state index contributed by atoms with van der Waals surface area (Å²) in [5, 5.41) is 0. The van der Waals surface area contributed by atoms with Crippen molar-refractivity contribution in [3.63, 3.8) is 0 Å². The van der Waals surface area contributed by atoms with Gasteiger partial charge in [-0.1, -0.05) is 62.8 Å². The van der Waals surface area contributed by atoms with E-state index in [9.17, 15) is 0 Å². The van der Waals surface area contributed by atoms with Crippen molar-refractivity contribution in [2.45, 2.75) is 144 Å². The molecule has 0 saturated carbocycles. The van der Waals surface area contributed by atoms with Gasteiger partial charge in [-0.25, -0.2) is 0 Å². The number of hydrogen-bond acceptors (Lipinski definition) is 2. The molecule has 0 aliphatic carbocycles.